The van der Waals surface area contributed by atoms with Gasteiger partial charge in [-0.25, -0.2) is 4.68 Å². The Morgan fingerprint density at radius 1 is 1.64 bits per heavy atom. The van der Waals surface area contributed by atoms with E-state index in [0.717, 1.165) is 20.4 Å². The highest BCUT2D eigenvalue weighted by Crippen LogP contribution is 2.24. The van der Waals surface area contributed by atoms with Crippen LogP contribution in [0.2, 0.25) is 0 Å². The lowest BCUT2D eigenvalue weighted by molar-refractivity contribution is 0.703. The summed E-state index contributed by atoms with van der Waals surface area (Å²) in [5.74, 6) is 0.728. The van der Waals surface area contributed by atoms with Crippen LogP contribution in [0.3, 0.4) is 0 Å². The third kappa shape index (κ3) is 1.96. The van der Waals surface area contributed by atoms with Gasteiger partial charge in [-0.05, 0) is 50.0 Å². The molecule has 14 heavy (non-hydrogen) atoms. The molecule has 0 unspecified atom stereocenters. The van der Waals surface area contributed by atoms with E-state index in [2.05, 4.69) is 43.6 Å². The Morgan fingerprint density at radius 3 is 2.93 bits per heavy atom. The summed E-state index contributed by atoms with van der Waals surface area (Å²) in [6.07, 6.45) is 1.78. The smallest absolute Gasteiger partial charge is 0.135 e. The average molecular weight is 384 g/mol. The van der Waals surface area contributed by atoms with Crippen molar-refractivity contribution in [3.63, 3.8) is 0 Å². The van der Waals surface area contributed by atoms with Crippen LogP contribution in [0, 0.1) is 3.57 Å². The summed E-state index contributed by atoms with van der Waals surface area (Å²) >= 11 is 7.36. The van der Waals surface area contributed by atoms with E-state index < -0.39 is 0 Å². The quantitative estimate of drug-likeness (QED) is 0.810. The number of nitrogen functional groups attached to an aromatic ring is 1. The van der Waals surface area contributed by atoms with Gasteiger partial charge in [-0.2, -0.15) is 5.10 Å². The summed E-state index contributed by atoms with van der Waals surface area (Å²) in [5, 5.41) is 6.25. The van der Waals surface area contributed by atoms with Crippen LogP contribution in [0.15, 0.2) is 22.1 Å². The second-order valence-corrected chi connectivity index (χ2v) is 5.74. The second-order valence-electron chi connectivity index (χ2n) is 2.73. The molecule has 6 heteroatoms. The van der Waals surface area contributed by atoms with Crippen molar-refractivity contribution in [3.8, 4) is 0 Å². The van der Waals surface area contributed by atoms with Crippen molar-refractivity contribution in [1.29, 1.82) is 0 Å². The first-order chi connectivity index (χ1) is 6.68. The van der Waals surface area contributed by atoms with E-state index in [1.807, 2.05) is 11.4 Å². The van der Waals surface area contributed by atoms with Crippen molar-refractivity contribution in [1.82, 2.24) is 9.78 Å². The lowest BCUT2D eigenvalue weighted by Gasteiger charge is -2.02. The van der Waals surface area contributed by atoms with Crippen LogP contribution in [-0.2, 0) is 6.54 Å². The molecule has 0 aliphatic carbocycles. The van der Waals surface area contributed by atoms with Crippen LogP contribution < -0.4 is 5.73 Å². The van der Waals surface area contributed by atoms with Crippen molar-refractivity contribution in [2.24, 2.45) is 0 Å². The number of aromatic nitrogens is 2. The van der Waals surface area contributed by atoms with E-state index in [-0.39, 0.29) is 0 Å². The molecular formula is C8H7BrIN3S. The van der Waals surface area contributed by atoms with Crippen molar-refractivity contribution in [2.75, 3.05) is 5.73 Å². The minimum Gasteiger partial charge on any atom is -0.383 e. The Hall–Kier alpha value is -0.0800. The maximum absolute atomic E-state index is 5.85. The minimum absolute atomic E-state index is 0.728. The molecule has 2 heterocycles. The van der Waals surface area contributed by atoms with Crippen molar-refractivity contribution in [3.05, 3.63) is 30.6 Å². The highest BCUT2D eigenvalue weighted by molar-refractivity contribution is 14.1. The van der Waals surface area contributed by atoms with Gasteiger partial charge in [0.2, 0.25) is 0 Å². The molecule has 0 spiro atoms. The van der Waals surface area contributed by atoms with Gasteiger partial charge in [0.1, 0.15) is 5.82 Å². The molecule has 3 nitrogen and oxygen atoms in total. The van der Waals surface area contributed by atoms with E-state index in [4.69, 9.17) is 5.73 Å². The van der Waals surface area contributed by atoms with E-state index in [1.165, 1.54) is 4.88 Å². The maximum atomic E-state index is 5.85. The topological polar surface area (TPSA) is 43.8 Å². The van der Waals surface area contributed by atoms with Crippen molar-refractivity contribution in [2.45, 2.75) is 6.54 Å². The third-order valence-electron chi connectivity index (χ3n) is 1.82. The van der Waals surface area contributed by atoms with Gasteiger partial charge in [-0.3, -0.25) is 0 Å². The van der Waals surface area contributed by atoms with Crippen molar-refractivity contribution >= 4 is 55.7 Å². The molecule has 0 fully saturated rings. The fraction of sp³-hybridized carbons (Fsp3) is 0.125. The molecule has 0 saturated carbocycles. The Kier molecular flexibility index (Phi) is 3.13. The van der Waals surface area contributed by atoms with Crippen LogP contribution >= 0.6 is 49.9 Å². The number of nitrogens with zero attached hydrogens (tertiary/aromatic N) is 2. The van der Waals surface area contributed by atoms with E-state index in [1.54, 1.807) is 22.2 Å². The molecule has 0 aromatic carbocycles. The van der Waals surface area contributed by atoms with Crippen molar-refractivity contribution < 1.29 is 0 Å². The number of nitrogens with two attached hydrogens (primary N) is 1. The van der Waals surface area contributed by atoms with E-state index >= 15 is 0 Å². The molecule has 2 aromatic heterocycles. The van der Waals surface area contributed by atoms with Gasteiger partial charge in [0.05, 0.1) is 16.3 Å². The molecule has 0 aliphatic heterocycles. The maximum Gasteiger partial charge on any atom is 0.135 e. The van der Waals surface area contributed by atoms with Crippen LogP contribution in [0.25, 0.3) is 0 Å². The summed E-state index contributed by atoms with van der Waals surface area (Å²) in [4.78, 5) is 1.23. The summed E-state index contributed by atoms with van der Waals surface area (Å²) in [5.41, 5.74) is 5.85. The molecule has 74 valence electrons. The zero-order valence-electron chi connectivity index (χ0n) is 7.08. The lowest BCUT2D eigenvalue weighted by atomic mass is 10.4. The molecule has 2 N–H and O–H groups in total. The lowest BCUT2D eigenvalue weighted by Crippen LogP contribution is -2.05. The van der Waals surface area contributed by atoms with Gasteiger partial charge >= 0.3 is 0 Å². The van der Waals surface area contributed by atoms with E-state index in [0.29, 0.717) is 0 Å². The average Bonchev–Trinajstić information content (AvgIpc) is 2.68. The SMILES string of the molecule is Nc1c(I)cnn1Cc1sccc1Br. The monoisotopic (exact) mass is 383 g/mol. The first-order valence-electron chi connectivity index (χ1n) is 3.87. The number of thiophene rings is 1. The zero-order valence-corrected chi connectivity index (χ0v) is 11.6. The number of halogens is 2. The third-order valence-corrected chi connectivity index (χ3v) is 4.56. The summed E-state index contributed by atoms with van der Waals surface area (Å²) in [6, 6.07) is 2.03. The first-order valence-corrected chi connectivity index (χ1v) is 6.62. The van der Waals surface area contributed by atoms with Gasteiger partial charge in [0, 0.05) is 9.35 Å². The molecular weight excluding hydrogens is 377 g/mol. The standard InChI is InChI=1S/C8H7BrIN3S/c9-5-1-2-14-7(5)4-13-8(11)6(10)3-12-13/h1-3H,4,11H2. The normalized spacial score (nSPS) is 10.7. The predicted octanol–water partition coefficient (Wildman–Crippen LogP) is 2.94. The summed E-state index contributed by atoms with van der Waals surface area (Å²) in [7, 11) is 0. The van der Waals surface area contributed by atoms with Gasteiger partial charge in [0.15, 0.2) is 0 Å². The van der Waals surface area contributed by atoms with Crippen LogP contribution in [-0.4, -0.2) is 9.78 Å². The van der Waals surface area contributed by atoms with Gasteiger partial charge in [-0.1, -0.05) is 0 Å². The Bertz CT molecular complexity index is 451. The Balaban J connectivity index is 2.27. The molecule has 0 amide bonds. The highest BCUT2D eigenvalue weighted by atomic mass is 127. The minimum atomic E-state index is 0.728. The van der Waals surface area contributed by atoms with E-state index in [9.17, 15) is 0 Å². The fourth-order valence-corrected chi connectivity index (χ4v) is 2.93. The van der Waals surface area contributed by atoms with Crippen LogP contribution in [0.4, 0.5) is 5.82 Å². The van der Waals surface area contributed by atoms with Crippen LogP contribution in [0.5, 0.6) is 0 Å². The summed E-state index contributed by atoms with van der Waals surface area (Å²) in [6.45, 7) is 0.729. The number of anilines is 1. The second kappa shape index (κ2) is 4.19. The molecule has 2 rings (SSSR count). The molecule has 2 aromatic rings. The van der Waals surface area contributed by atoms with Crippen LogP contribution in [0.1, 0.15) is 4.88 Å². The molecule has 0 atom stereocenters. The fourth-order valence-electron chi connectivity index (χ4n) is 1.07. The molecule has 0 saturated heterocycles. The van der Waals surface area contributed by atoms with Gasteiger partial charge < -0.3 is 5.73 Å². The largest absolute Gasteiger partial charge is 0.383 e. The molecule has 0 bridgehead atoms. The Morgan fingerprint density at radius 2 is 2.43 bits per heavy atom. The van der Waals surface area contributed by atoms with Gasteiger partial charge in [-0.15, -0.1) is 11.3 Å². The number of rotatable bonds is 2. The number of hydrogen-bond acceptors (Lipinski definition) is 3. The first kappa shape index (κ1) is 10.4. The zero-order chi connectivity index (χ0) is 10.1. The van der Waals surface area contributed by atoms with Gasteiger partial charge in [0.25, 0.3) is 0 Å². The molecule has 0 radical (unpaired) electrons. The highest BCUT2D eigenvalue weighted by Gasteiger charge is 2.07. The molecule has 0 aliphatic rings. The summed E-state index contributed by atoms with van der Waals surface area (Å²) < 4.78 is 3.92. The predicted molar refractivity (Wildman–Crippen MR) is 70.5 cm³/mol. The number of hydrogen-bond donors (Lipinski definition) is 1. The Labute approximate surface area is 108 Å².